The normalized spacial score (nSPS) is 22.0. The minimum atomic E-state index is -0.513. The van der Waals surface area contributed by atoms with Crippen molar-refractivity contribution in [1.29, 1.82) is 0 Å². The maximum atomic E-state index is 10.4. The molecule has 1 fully saturated rings. The summed E-state index contributed by atoms with van der Waals surface area (Å²) in [6.45, 7) is 1.98. The lowest BCUT2D eigenvalue weighted by molar-refractivity contribution is 0.0826. The largest absolute Gasteiger partial charge is 0.467 e. The van der Waals surface area contributed by atoms with Gasteiger partial charge in [-0.05, 0) is 37.9 Å². The van der Waals surface area contributed by atoms with Gasteiger partial charge in [0.25, 0.3) is 0 Å². The highest BCUT2D eigenvalue weighted by Crippen LogP contribution is 2.27. The SMILES string of the molecule is O[C@H](C[C@@H]1CCCCCN1Cc1cscn1)c1ccco1. The zero-order valence-corrected chi connectivity index (χ0v) is 13.0. The van der Waals surface area contributed by atoms with Gasteiger partial charge < -0.3 is 9.52 Å². The van der Waals surface area contributed by atoms with Gasteiger partial charge in [0.1, 0.15) is 11.9 Å². The van der Waals surface area contributed by atoms with Crippen molar-refractivity contribution in [2.24, 2.45) is 0 Å². The maximum Gasteiger partial charge on any atom is 0.132 e. The summed E-state index contributed by atoms with van der Waals surface area (Å²) in [4.78, 5) is 6.88. The number of thiazole rings is 1. The molecule has 0 bridgehead atoms. The number of rotatable bonds is 5. The van der Waals surface area contributed by atoms with Crippen LogP contribution in [0.4, 0.5) is 0 Å². The zero-order chi connectivity index (χ0) is 14.5. The van der Waals surface area contributed by atoms with Gasteiger partial charge in [-0.2, -0.15) is 0 Å². The topological polar surface area (TPSA) is 49.5 Å². The van der Waals surface area contributed by atoms with E-state index in [2.05, 4.69) is 15.3 Å². The van der Waals surface area contributed by atoms with Gasteiger partial charge in [0, 0.05) is 18.0 Å². The molecular weight excluding hydrogens is 284 g/mol. The van der Waals surface area contributed by atoms with E-state index in [0.717, 1.165) is 31.6 Å². The Morgan fingerprint density at radius 2 is 2.38 bits per heavy atom. The third kappa shape index (κ3) is 3.93. The Morgan fingerprint density at radius 1 is 1.43 bits per heavy atom. The van der Waals surface area contributed by atoms with E-state index in [1.165, 1.54) is 19.3 Å². The van der Waals surface area contributed by atoms with Gasteiger partial charge >= 0.3 is 0 Å². The second-order valence-corrected chi connectivity index (χ2v) is 6.44. The van der Waals surface area contributed by atoms with Crippen LogP contribution in [0.2, 0.25) is 0 Å². The molecule has 5 heteroatoms. The Hall–Kier alpha value is -1.17. The fraction of sp³-hybridized carbons (Fsp3) is 0.562. The lowest BCUT2D eigenvalue weighted by Gasteiger charge is -2.30. The first kappa shape index (κ1) is 14.8. The average Bonchev–Trinajstić information content (AvgIpc) is 3.14. The van der Waals surface area contributed by atoms with E-state index in [1.54, 1.807) is 17.6 Å². The van der Waals surface area contributed by atoms with Crippen LogP contribution in [0.25, 0.3) is 0 Å². The van der Waals surface area contributed by atoms with Gasteiger partial charge in [0.15, 0.2) is 0 Å². The molecular formula is C16H22N2O2S. The molecule has 1 aliphatic heterocycles. The predicted molar refractivity (Wildman–Crippen MR) is 83.1 cm³/mol. The highest BCUT2D eigenvalue weighted by molar-refractivity contribution is 7.07. The van der Waals surface area contributed by atoms with Crippen molar-refractivity contribution in [3.05, 3.63) is 40.7 Å². The molecule has 1 saturated heterocycles. The minimum Gasteiger partial charge on any atom is -0.467 e. The summed E-state index contributed by atoms with van der Waals surface area (Å²) in [7, 11) is 0. The standard InChI is InChI=1S/C16H22N2O2S/c19-15(16-6-4-8-20-16)9-14-5-2-1-3-7-18(14)10-13-11-21-12-17-13/h4,6,8,11-12,14-15,19H,1-3,5,7,9-10H2/t14-,15+/m0/s1. The molecule has 2 aromatic rings. The third-order valence-corrected chi connectivity index (χ3v) is 4.85. The first-order chi connectivity index (χ1) is 10.3. The fourth-order valence-electron chi connectivity index (χ4n) is 3.09. The van der Waals surface area contributed by atoms with Crippen LogP contribution < -0.4 is 0 Å². The lowest BCUT2D eigenvalue weighted by Crippen LogP contribution is -2.35. The third-order valence-electron chi connectivity index (χ3n) is 4.21. The van der Waals surface area contributed by atoms with Gasteiger partial charge in [0.2, 0.25) is 0 Å². The predicted octanol–water partition coefficient (Wildman–Crippen LogP) is 3.60. The summed E-state index contributed by atoms with van der Waals surface area (Å²) < 4.78 is 5.33. The number of furan rings is 1. The molecule has 0 aromatic carbocycles. The Kier molecular flexibility index (Phi) is 5.06. The van der Waals surface area contributed by atoms with E-state index in [9.17, 15) is 5.11 Å². The van der Waals surface area contributed by atoms with Crippen molar-refractivity contribution < 1.29 is 9.52 Å². The molecule has 114 valence electrons. The molecule has 2 atom stereocenters. The summed E-state index contributed by atoms with van der Waals surface area (Å²) in [5.74, 6) is 0.674. The minimum absolute atomic E-state index is 0.397. The Balaban J connectivity index is 1.66. The Labute approximate surface area is 129 Å². The van der Waals surface area contributed by atoms with Crippen molar-refractivity contribution >= 4 is 11.3 Å². The number of hydrogen-bond acceptors (Lipinski definition) is 5. The first-order valence-electron chi connectivity index (χ1n) is 7.65. The van der Waals surface area contributed by atoms with E-state index in [-0.39, 0.29) is 0 Å². The molecule has 3 heterocycles. The second-order valence-electron chi connectivity index (χ2n) is 5.72. The van der Waals surface area contributed by atoms with Crippen LogP contribution in [0.15, 0.2) is 33.7 Å². The number of likely N-dealkylation sites (tertiary alicyclic amines) is 1. The average molecular weight is 306 g/mol. The molecule has 1 aliphatic rings. The molecule has 0 radical (unpaired) electrons. The summed E-state index contributed by atoms with van der Waals surface area (Å²) in [5.41, 5.74) is 3.03. The van der Waals surface area contributed by atoms with Gasteiger partial charge in [-0.15, -0.1) is 11.3 Å². The molecule has 0 aliphatic carbocycles. The van der Waals surface area contributed by atoms with Crippen LogP contribution in [0.3, 0.4) is 0 Å². The van der Waals surface area contributed by atoms with Crippen LogP contribution >= 0.6 is 11.3 Å². The molecule has 0 amide bonds. The van der Waals surface area contributed by atoms with E-state index in [4.69, 9.17) is 4.42 Å². The first-order valence-corrected chi connectivity index (χ1v) is 8.60. The van der Waals surface area contributed by atoms with Crippen molar-refractivity contribution in [3.8, 4) is 0 Å². The van der Waals surface area contributed by atoms with Crippen LogP contribution in [0.1, 0.15) is 49.7 Å². The lowest BCUT2D eigenvalue weighted by atomic mass is 10.0. The number of aliphatic hydroxyl groups excluding tert-OH is 1. The molecule has 0 spiro atoms. The van der Waals surface area contributed by atoms with Gasteiger partial charge in [-0.1, -0.05) is 12.8 Å². The van der Waals surface area contributed by atoms with Crippen molar-refractivity contribution in [2.45, 2.75) is 50.8 Å². The van der Waals surface area contributed by atoms with Crippen molar-refractivity contribution in [2.75, 3.05) is 6.54 Å². The molecule has 4 nitrogen and oxygen atoms in total. The molecule has 3 rings (SSSR count). The summed E-state index contributed by atoms with van der Waals surface area (Å²) in [5, 5.41) is 12.5. The summed E-state index contributed by atoms with van der Waals surface area (Å²) in [6.07, 6.45) is 6.74. The Bertz CT molecular complexity index is 512. The monoisotopic (exact) mass is 306 g/mol. The van der Waals surface area contributed by atoms with Gasteiger partial charge in [-0.3, -0.25) is 4.90 Å². The van der Waals surface area contributed by atoms with Crippen molar-refractivity contribution in [1.82, 2.24) is 9.88 Å². The number of aromatic nitrogens is 1. The molecule has 21 heavy (non-hydrogen) atoms. The molecule has 1 N–H and O–H groups in total. The van der Waals surface area contributed by atoms with E-state index < -0.39 is 6.10 Å². The maximum absolute atomic E-state index is 10.4. The zero-order valence-electron chi connectivity index (χ0n) is 12.1. The Morgan fingerprint density at radius 3 is 3.14 bits per heavy atom. The van der Waals surface area contributed by atoms with Crippen LogP contribution in [0, 0.1) is 0 Å². The van der Waals surface area contributed by atoms with Gasteiger partial charge in [-0.25, -0.2) is 4.98 Å². The second kappa shape index (κ2) is 7.20. The number of hydrogen-bond donors (Lipinski definition) is 1. The summed E-state index contributed by atoms with van der Waals surface area (Å²) >= 11 is 1.64. The molecule has 2 aromatic heterocycles. The van der Waals surface area contributed by atoms with E-state index >= 15 is 0 Å². The fourth-order valence-corrected chi connectivity index (χ4v) is 3.64. The quantitative estimate of drug-likeness (QED) is 0.917. The molecule has 0 saturated carbocycles. The number of aliphatic hydroxyl groups is 1. The van der Waals surface area contributed by atoms with Crippen LogP contribution in [-0.2, 0) is 6.54 Å². The molecule has 0 unspecified atom stereocenters. The highest BCUT2D eigenvalue weighted by atomic mass is 32.1. The van der Waals surface area contributed by atoms with E-state index in [0.29, 0.717) is 11.8 Å². The van der Waals surface area contributed by atoms with Crippen LogP contribution in [0.5, 0.6) is 0 Å². The van der Waals surface area contributed by atoms with Gasteiger partial charge in [0.05, 0.1) is 17.5 Å². The van der Waals surface area contributed by atoms with E-state index in [1.807, 2.05) is 17.6 Å². The smallest absolute Gasteiger partial charge is 0.132 e. The summed E-state index contributed by atoms with van der Waals surface area (Å²) in [6, 6.07) is 4.08. The van der Waals surface area contributed by atoms with Crippen LogP contribution in [-0.4, -0.2) is 27.6 Å². The van der Waals surface area contributed by atoms with Crippen molar-refractivity contribution in [3.63, 3.8) is 0 Å². The highest BCUT2D eigenvalue weighted by Gasteiger charge is 2.25. The number of nitrogens with zero attached hydrogens (tertiary/aromatic N) is 2.